The summed E-state index contributed by atoms with van der Waals surface area (Å²) >= 11 is 3.46. The highest BCUT2D eigenvalue weighted by Crippen LogP contribution is 2.26. The molecule has 0 atom stereocenters. The van der Waals surface area contributed by atoms with Crippen LogP contribution in [0.2, 0.25) is 0 Å². The summed E-state index contributed by atoms with van der Waals surface area (Å²) in [5.41, 5.74) is 5.21. The van der Waals surface area contributed by atoms with E-state index in [1.807, 2.05) is 43.3 Å². The highest BCUT2D eigenvalue weighted by atomic mass is 79.9. The number of hydrogen-bond acceptors (Lipinski definition) is 4. The van der Waals surface area contributed by atoms with E-state index in [-0.39, 0.29) is 0 Å². The van der Waals surface area contributed by atoms with E-state index < -0.39 is 11.8 Å². The van der Waals surface area contributed by atoms with Gasteiger partial charge in [0.1, 0.15) is 12.4 Å². The van der Waals surface area contributed by atoms with Crippen molar-refractivity contribution in [1.29, 1.82) is 0 Å². The molecular formula is C19H20BrN3O3. The van der Waals surface area contributed by atoms with Crippen LogP contribution in [0.3, 0.4) is 0 Å². The lowest BCUT2D eigenvalue weighted by Gasteiger charge is -2.09. The normalized spacial score (nSPS) is 10.6. The van der Waals surface area contributed by atoms with Crippen LogP contribution in [0.15, 0.2) is 52.0 Å². The number of carbonyl (C=O) groups excluding carboxylic acids is 2. The number of benzene rings is 2. The first kappa shape index (κ1) is 19.7. The number of aryl methyl sites for hydroxylation is 1. The molecule has 0 radical (unpaired) electrons. The van der Waals surface area contributed by atoms with E-state index in [2.05, 4.69) is 31.8 Å². The van der Waals surface area contributed by atoms with E-state index in [0.29, 0.717) is 18.9 Å². The molecule has 0 heterocycles. The van der Waals surface area contributed by atoms with Crippen molar-refractivity contribution in [2.45, 2.75) is 20.5 Å². The number of nitrogens with one attached hydrogen (secondary N) is 2. The number of likely N-dealkylation sites (N-methyl/N-ethyl adjacent to an activating group) is 1. The van der Waals surface area contributed by atoms with Crippen LogP contribution < -0.4 is 15.5 Å². The van der Waals surface area contributed by atoms with Crippen LogP contribution in [0.1, 0.15) is 23.6 Å². The first-order valence-corrected chi connectivity index (χ1v) is 8.88. The summed E-state index contributed by atoms with van der Waals surface area (Å²) < 4.78 is 6.57. The predicted molar refractivity (Wildman–Crippen MR) is 104 cm³/mol. The van der Waals surface area contributed by atoms with Gasteiger partial charge in [0.05, 0.1) is 10.7 Å². The molecule has 0 unspecified atom stereocenters. The van der Waals surface area contributed by atoms with E-state index in [4.69, 9.17) is 4.74 Å². The summed E-state index contributed by atoms with van der Waals surface area (Å²) in [6.07, 6.45) is 1.45. The summed E-state index contributed by atoms with van der Waals surface area (Å²) in [4.78, 5) is 22.7. The van der Waals surface area contributed by atoms with Gasteiger partial charge >= 0.3 is 11.8 Å². The summed E-state index contributed by atoms with van der Waals surface area (Å²) in [5.74, 6) is -0.819. The smallest absolute Gasteiger partial charge is 0.329 e. The monoisotopic (exact) mass is 417 g/mol. The Labute approximate surface area is 160 Å². The van der Waals surface area contributed by atoms with Gasteiger partial charge < -0.3 is 10.1 Å². The number of nitrogens with zero attached hydrogens (tertiary/aromatic N) is 1. The Morgan fingerprint density at radius 3 is 2.54 bits per heavy atom. The average molecular weight is 418 g/mol. The van der Waals surface area contributed by atoms with Crippen LogP contribution in [0.5, 0.6) is 5.75 Å². The highest BCUT2D eigenvalue weighted by molar-refractivity contribution is 9.10. The molecule has 2 aromatic rings. The SMILES string of the molecule is CCNC(=O)C(=O)N/N=C\c1ccc(OCc2ccc(C)cc2)c(Br)c1. The van der Waals surface area contributed by atoms with E-state index >= 15 is 0 Å². The Hall–Kier alpha value is -2.67. The van der Waals surface area contributed by atoms with Gasteiger partial charge in [0, 0.05) is 6.54 Å². The van der Waals surface area contributed by atoms with Crippen molar-refractivity contribution in [2.24, 2.45) is 5.10 Å². The van der Waals surface area contributed by atoms with Crippen molar-refractivity contribution in [1.82, 2.24) is 10.7 Å². The zero-order valence-corrected chi connectivity index (χ0v) is 16.2. The Morgan fingerprint density at radius 2 is 1.88 bits per heavy atom. The lowest BCUT2D eigenvalue weighted by molar-refractivity contribution is -0.139. The maximum atomic E-state index is 11.4. The fourth-order valence-corrected chi connectivity index (χ4v) is 2.53. The van der Waals surface area contributed by atoms with Crippen molar-refractivity contribution < 1.29 is 14.3 Å². The summed E-state index contributed by atoms with van der Waals surface area (Å²) in [6.45, 7) is 4.62. The number of carbonyl (C=O) groups is 2. The van der Waals surface area contributed by atoms with Crippen molar-refractivity contribution in [2.75, 3.05) is 6.54 Å². The van der Waals surface area contributed by atoms with Gasteiger partial charge in [-0.1, -0.05) is 29.8 Å². The molecule has 2 N–H and O–H groups in total. The zero-order valence-electron chi connectivity index (χ0n) is 14.6. The van der Waals surface area contributed by atoms with E-state index in [1.165, 1.54) is 11.8 Å². The van der Waals surface area contributed by atoms with Gasteiger partial charge in [0.25, 0.3) is 0 Å². The molecule has 26 heavy (non-hydrogen) atoms. The van der Waals surface area contributed by atoms with Gasteiger partial charge in [0.15, 0.2) is 0 Å². The van der Waals surface area contributed by atoms with Gasteiger partial charge in [-0.25, -0.2) is 5.43 Å². The zero-order chi connectivity index (χ0) is 18.9. The molecule has 0 spiro atoms. The third-order valence-corrected chi connectivity index (χ3v) is 4.01. The van der Waals surface area contributed by atoms with Crippen molar-refractivity contribution in [3.8, 4) is 5.75 Å². The van der Waals surface area contributed by atoms with Gasteiger partial charge in [-0.05, 0) is 59.1 Å². The fraction of sp³-hybridized carbons (Fsp3) is 0.211. The maximum Gasteiger partial charge on any atom is 0.329 e. The lowest BCUT2D eigenvalue weighted by Crippen LogP contribution is -2.37. The van der Waals surface area contributed by atoms with Crippen LogP contribution in [-0.4, -0.2) is 24.6 Å². The molecule has 0 aliphatic carbocycles. The fourth-order valence-electron chi connectivity index (χ4n) is 2.02. The third kappa shape index (κ3) is 6.00. The number of rotatable bonds is 6. The molecule has 7 heteroatoms. The van der Waals surface area contributed by atoms with Crippen LogP contribution in [-0.2, 0) is 16.2 Å². The number of ether oxygens (including phenoxy) is 1. The van der Waals surface area contributed by atoms with Gasteiger partial charge in [-0.15, -0.1) is 0 Å². The van der Waals surface area contributed by atoms with Crippen LogP contribution in [0.4, 0.5) is 0 Å². The molecule has 0 fully saturated rings. The number of hydrazone groups is 1. The minimum Gasteiger partial charge on any atom is -0.488 e. The van der Waals surface area contributed by atoms with Crippen molar-refractivity contribution >= 4 is 34.0 Å². The first-order valence-electron chi connectivity index (χ1n) is 8.08. The largest absolute Gasteiger partial charge is 0.488 e. The highest BCUT2D eigenvalue weighted by Gasteiger charge is 2.10. The first-order chi connectivity index (χ1) is 12.5. The molecule has 0 saturated carbocycles. The topological polar surface area (TPSA) is 79.8 Å². The second-order valence-electron chi connectivity index (χ2n) is 5.52. The number of hydrogen-bond donors (Lipinski definition) is 2. The number of amides is 2. The molecule has 2 aromatic carbocycles. The van der Waals surface area contributed by atoms with Crippen molar-refractivity contribution in [3.05, 3.63) is 63.6 Å². The van der Waals surface area contributed by atoms with Crippen LogP contribution in [0, 0.1) is 6.92 Å². The Balaban J connectivity index is 1.91. The summed E-state index contributed by atoms with van der Waals surface area (Å²) in [7, 11) is 0. The Kier molecular flexibility index (Phi) is 7.35. The summed E-state index contributed by atoms with van der Waals surface area (Å²) in [5, 5.41) is 6.16. The minimum absolute atomic E-state index is 0.382. The van der Waals surface area contributed by atoms with E-state index in [1.54, 1.807) is 13.0 Å². The molecule has 0 saturated heterocycles. The molecular weight excluding hydrogens is 398 g/mol. The second-order valence-corrected chi connectivity index (χ2v) is 6.38. The predicted octanol–water partition coefficient (Wildman–Crippen LogP) is 2.92. The summed E-state index contributed by atoms with van der Waals surface area (Å²) in [6, 6.07) is 13.6. The third-order valence-electron chi connectivity index (χ3n) is 3.39. The van der Waals surface area contributed by atoms with Crippen LogP contribution in [0.25, 0.3) is 0 Å². The van der Waals surface area contributed by atoms with Crippen molar-refractivity contribution in [3.63, 3.8) is 0 Å². The molecule has 0 aromatic heterocycles. The minimum atomic E-state index is -0.805. The standard InChI is InChI=1S/C19H20BrN3O3/c1-3-21-18(24)19(25)23-22-11-15-8-9-17(16(20)10-15)26-12-14-6-4-13(2)5-7-14/h4-11H,3,12H2,1-2H3,(H,21,24)(H,23,25)/b22-11-. The molecule has 0 aliphatic rings. The molecule has 2 amide bonds. The second kappa shape index (κ2) is 9.72. The number of halogens is 1. The quantitative estimate of drug-likeness (QED) is 0.430. The molecule has 136 valence electrons. The Bertz CT molecular complexity index is 804. The van der Waals surface area contributed by atoms with Gasteiger partial charge in [-0.2, -0.15) is 5.10 Å². The molecule has 0 aliphatic heterocycles. The molecule has 0 bridgehead atoms. The maximum absolute atomic E-state index is 11.4. The molecule has 6 nitrogen and oxygen atoms in total. The lowest BCUT2D eigenvalue weighted by atomic mass is 10.2. The van der Waals surface area contributed by atoms with E-state index in [0.717, 1.165) is 15.6 Å². The Morgan fingerprint density at radius 1 is 1.15 bits per heavy atom. The van der Waals surface area contributed by atoms with E-state index in [9.17, 15) is 9.59 Å². The van der Waals surface area contributed by atoms with Gasteiger partial charge in [-0.3, -0.25) is 9.59 Å². The molecule has 2 rings (SSSR count). The van der Waals surface area contributed by atoms with Gasteiger partial charge in [0.2, 0.25) is 0 Å². The average Bonchev–Trinajstić information content (AvgIpc) is 2.62. The van der Waals surface area contributed by atoms with Crippen LogP contribution >= 0.6 is 15.9 Å².